The van der Waals surface area contributed by atoms with Crippen molar-refractivity contribution in [3.63, 3.8) is 0 Å². The summed E-state index contributed by atoms with van der Waals surface area (Å²) in [5.74, 6) is -1.57. The van der Waals surface area contributed by atoms with Gasteiger partial charge in [-0.1, -0.05) is 25.5 Å². The zero-order chi connectivity index (χ0) is 25.6. The summed E-state index contributed by atoms with van der Waals surface area (Å²) < 4.78 is 5.02. The second kappa shape index (κ2) is 12.4. The first-order chi connectivity index (χ1) is 16.9. The Hall–Kier alpha value is -1.80. The Labute approximate surface area is 214 Å². The summed E-state index contributed by atoms with van der Waals surface area (Å²) in [4.78, 5) is 44.7. The molecule has 0 aromatic heterocycles. The third kappa shape index (κ3) is 5.33. The van der Waals surface area contributed by atoms with Gasteiger partial charge in [0.25, 0.3) is 0 Å². The van der Waals surface area contributed by atoms with Gasteiger partial charge >= 0.3 is 5.97 Å². The fourth-order valence-corrected chi connectivity index (χ4v) is 8.40. The topological polar surface area (TPSA) is 87.2 Å². The van der Waals surface area contributed by atoms with E-state index in [9.17, 15) is 19.5 Å². The smallest absolute Gasteiger partial charge is 0.310 e. The van der Waals surface area contributed by atoms with Crippen LogP contribution in [-0.4, -0.2) is 81.1 Å². The molecular formula is C27H42N2O5S. The summed E-state index contributed by atoms with van der Waals surface area (Å²) in [6.07, 6.45) is 9.89. The molecule has 3 aliphatic heterocycles. The largest absolute Gasteiger partial charge is 0.465 e. The van der Waals surface area contributed by atoms with Crippen molar-refractivity contribution in [3.05, 3.63) is 25.3 Å². The third-order valence-electron chi connectivity index (χ3n) is 7.76. The quantitative estimate of drug-likeness (QED) is 0.208. The second-order valence-corrected chi connectivity index (χ2v) is 11.6. The van der Waals surface area contributed by atoms with E-state index in [0.717, 1.165) is 44.9 Å². The molecule has 2 bridgehead atoms. The molecule has 0 radical (unpaired) electrons. The minimum Gasteiger partial charge on any atom is -0.465 e. The minimum absolute atomic E-state index is 0.000775. The maximum Gasteiger partial charge on any atom is 0.310 e. The molecule has 3 fully saturated rings. The summed E-state index contributed by atoms with van der Waals surface area (Å²) in [6.45, 7) is 12.7. The van der Waals surface area contributed by atoms with Gasteiger partial charge in [0, 0.05) is 31.0 Å². The standard InChI is InChI=1S/C27H42N2O5S/c1-5-8-9-10-18-34-26(33)21-20-13-14-27(35-20)22(21)24(31)29(16-11-17-30)23(27)25(32)28(15-7-3)19(4)12-6-2/h5,7,19-23,30H,1,3,6,8-18H2,2,4H3/t19?,20-,21+,22-,23?,27?/m0/s1. The predicted octanol–water partition coefficient (Wildman–Crippen LogP) is 3.56. The van der Waals surface area contributed by atoms with E-state index in [1.54, 1.807) is 22.7 Å². The summed E-state index contributed by atoms with van der Waals surface area (Å²) in [5.41, 5.74) is 0. The molecule has 3 heterocycles. The van der Waals surface area contributed by atoms with Gasteiger partial charge in [0.05, 0.1) is 23.2 Å². The summed E-state index contributed by atoms with van der Waals surface area (Å²) in [5, 5.41) is 9.49. The third-order valence-corrected chi connectivity index (χ3v) is 9.71. The van der Waals surface area contributed by atoms with Crippen LogP contribution in [0.4, 0.5) is 0 Å². The Bertz CT molecular complexity index is 804. The summed E-state index contributed by atoms with van der Waals surface area (Å²) in [6, 6.07) is -0.609. The lowest BCUT2D eigenvalue weighted by Crippen LogP contribution is -2.56. The highest BCUT2D eigenvalue weighted by Gasteiger charge is 2.74. The minimum atomic E-state index is -0.633. The number of hydrogen-bond acceptors (Lipinski definition) is 6. The molecular weight excluding hydrogens is 464 g/mol. The molecule has 0 aromatic rings. The van der Waals surface area contributed by atoms with Crippen LogP contribution >= 0.6 is 11.8 Å². The monoisotopic (exact) mass is 506 g/mol. The van der Waals surface area contributed by atoms with Gasteiger partial charge in [-0.2, -0.15) is 0 Å². The highest BCUT2D eigenvalue weighted by Crippen LogP contribution is 2.66. The second-order valence-electron chi connectivity index (χ2n) is 10.0. The molecule has 196 valence electrons. The summed E-state index contributed by atoms with van der Waals surface area (Å²) in [7, 11) is 0. The van der Waals surface area contributed by atoms with Crippen molar-refractivity contribution in [2.24, 2.45) is 11.8 Å². The van der Waals surface area contributed by atoms with Crippen LogP contribution < -0.4 is 0 Å². The molecule has 0 aromatic carbocycles. The maximum atomic E-state index is 14.1. The van der Waals surface area contributed by atoms with Gasteiger partial charge in [-0.05, 0) is 51.9 Å². The van der Waals surface area contributed by atoms with Crippen LogP contribution in [0.15, 0.2) is 25.3 Å². The number of aliphatic hydroxyl groups is 1. The molecule has 3 saturated heterocycles. The van der Waals surface area contributed by atoms with Crippen molar-refractivity contribution < 1.29 is 24.2 Å². The highest BCUT2D eigenvalue weighted by atomic mass is 32.2. The normalized spacial score (nSPS) is 29.7. The average Bonchev–Trinajstić information content (AvgIpc) is 3.48. The SMILES string of the molecule is C=CCCCCOC(=O)[C@@H]1[C@@H]2CCC3(S2)C(C(=O)N(CC=C)C(C)CCC)N(CCCO)C(=O)[C@H]13. The molecule has 0 saturated carbocycles. The molecule has 3 rings (SSSR count). The summed E-state index contributed by atoms with van der Waals surface area (Å²) >= 11 is 1.66. The Morgan fingerprint density at radius 2 is 2.09 bits per heavy atom. The predicted molar refractivity (Wildman–Crippen MR) is 139 cm³/mol. The van der Waals surface area contributed by atoms with Crippen molar-refractivity contribution in [1.82, 2.24) is 9.80 Å². The van der Waals surface area contributed by atoms with Crippen LogP contribution in [0.2, 0.25) is 0 Å². The molecule has 1 N–H and O–H groups in total. The molecule has 2 amide bonds. The fraction of sp³-hybridized carbons (Fsp3) is 0.741. The Morgan fingerprint density at radius 3 is 2.74 bits per heavy atom. The number of amides is 2. The van der Waals surface area contributed by atoms with Crippen LogP contribution in [0.5, 0.6) is 0 Å². The number of aliphatic hydroxyl groups excluding tert-OH is 1. The fourth-order valence-electron chi connectivity index (χ4n) is 6.20. The van der Waals surface area contributed by atoms with Gasteiger partial charge in [0.1, 0.15) is 6.04 Å². The van der Waals surface area contributed by atoms with E-state index >= 15 is 0 Å². The number of allylic oxidation sites excluding steroid dienone is 1. The number of carbonyl (C=O) groups excluding carboxylic acids is 3. The van der Waals surface area contributed by atoms with Crippen LogP contribution in [-0.2, 0) is 19.1 Å². The number of fused-ring (bicyclic) bond motifs is 1. The Balaban J connectivity index is 1.88. The Morgan fingerprint density at radius 1 is 1.31 bits per heavy atom. The number of rotatable bonds is 15. The number of thioether (sulfide) groups is 1. The number of likely N-dealkylation sites (tertiary alicyclic amines) is 1. The van der Waals surface area contributed by atoms with E-state index in [1.807, 2.05) is 17.9 Å². The van der Waals surface area contributed by atoms with Crippen molar-refractivity contribution in [2.75, 3.05) is 26.3 Å². The van der Waals surface area contributed by atoms with Crippen LogP contribution in [0.1, 0.15) is 65.2 Å². The molecule has 7 nitrogen and oxygen atoms in total. The van der Waals surface area contributed by atoms with E-state index < -0.39 is 22.6 Å². The van der Waals surface area contributed by atoms with Gasteiger partial charge in [-0.15, -0.1) is 24.9 Å². The van der Waals surface area contributed by atoms with E-state index in [1.165, 1.54) is 0 Å². The molecule has 3 unspecified atom stereocenters. The zero-order valence-corrected chi connectivity index (χ0v) is 22.1. The van der Waals surface area contributed by atoms with Crippen LogP contribution in [0.25, 0.3) is 0 Å². The zero-order valence-electron chi connectivity index (χ0n) is 21.3. The van der Waals surface area contributed by atoms with Crippen LogP contribution in [0.3, 0.4) is 0 Å². The number of nitrogens with zero attached hydrogens (tertiary/aromatic N) is 2. The van der Waals surface area contributed by atoms with Crippen molar-refractivity contribution in [2.45, 2.75) is 87.3 Å². The van der Waals surface area contributed by atoms with Gasteiger partial charge in [0.15, 0.2) is 0 Å². The molecule has 6 atom stereocenters. The van der Waals surface area contributed by atoms with E-state index in [-0.39, 0.29) is 35.7 Å². The number of carbonyl (C=O) groups is 3. The number of esters is 1. The van der Waals surface area contributed by atoms with Crippen molar-refractivity contribution >= 4 is 29.5 Å². The van der Waals surface area contributed by atoms with Crippen molar-refractivity contribution in [3.8, 4) is 0 Å². The lowest BCUT2D eigenvalue weighted by molar-refractivity contribution is -0.154. The van der Waals surface area contributed by atoms with E-state index in [0.29, 0.717) is 26.1 Å². The van der Waals surface area contributed by atoms with Crippen molar-refractivity contribution in [1.29, 1.82) is 0 Å². The number of ether oxygens (including phenoxy) is 1. The maximum absolute atomic E-state index is 14.1. The molecule has 35 heavy (non-hydrogen) atoms. The lowest BCUT2D eigenvalue weighted by Gasteiger charge is -2.39. The first-order valence-electron chi connectivity index (χ1n) is 13.2. The van der Waals surface area contributed by atoms with Crippen LogP contribution in [0, 0.1) is 11.8 Å². The van der Waals surface area contributed by atoms with Gasteiger partial charge in [-0.25, -0.2) is 0 Å². The number of hydrogen-bond donors (Lipinski definition) is 1. The molecule has 1 spiro atoms. The highest BCUT2D eigenvalue weighted by molar-refractivity contribution is 8.02. The first kappa shape index (κ1) is 27.8. The lowest BCUT2D eigenvalue weighted by atomic mass is 9.71. The molecule has 0 aliphatic carbocycles. The number of unbranched alkanes of at least 4 members (excludes halogenated alkanes) is 2. The van der Waals surface area contributed by atoms with Gasteiger partial charge in [0.2, 0.25) is 11.8 Å². The first-order valence-corrected chi connectivity index (χ1v) is 14.0. The molecule has 3 aliphatic rings. The van der Waals surface area contributed by atoms with Gasteiger partial charge < -0.3 is 19.6 Å². The van der Waals surface area contributed by atoms with Gasteiger partial charge in [-0.3, -0.25) is 14.4 Å². The van der Waals surface area contributed by atoms with E-state index in [4.69, 9.17) is 4.74 Å². The average molecular weight is 507 g/mol. The Kier molecular flexibility index (Phi) is 9.87. The molecule has 8 heteroatoms. The van der Waals surface area contributed by atoms with E-state index in [2.05, 4.69) is 20.1 Å².